The number of halogens is 4. The van der Waals surface area contributed by atoms with Crippen molar-refractivity contribution in [3.8, 4) is 0 Å². The van der Waals surface area contributed by atoms with Crippen LogP contribution in [0.1, 0.15) is 81.8 Å². The van der Waals surface area contributed by atoms with Crippen LogP contribution in [0.15, 0.2) is 30.4 Å². The van der Waals surface area contributed by atoms with Gasteiger partial charge in [0.1, 0.15) is 29.1 Å². The fourth-order valence-corrected chi connectivity index (χ4v) is 9.75. The number of hydrogen-bond donors (Lipinski definition) is 2. The summed E-state index contributed by atoms with van der Waals surface area (Å²) in [5.74, 6) is -4.31. The molecule has 3 aliphatic heterocycles. The van der Waals surface area contributed by atoms with Crippen molar-refractivity contribution in [2.75, 3.05) is 13.6 Å². The maximum Gasteiger partial charge on any atom is 0.410 e. The van der Waals surface area contributed by atoms with Crippen LogP contribution in [0.3, 0.4) is 0 Å². The Labute approximate surface area is 316 Å². The highest BCUT2D eigenvalue weighted by Gasteiger charge is 2.69. The van der Waals surface area contributed by atoms with E-state index >= 15 is 0 Å². The Bertz CT molecular complexity index is 1890. The zero-order valence-electron chi connectivity index (χ0n) is 29.7. The molecule has 5 amide bonds. The van der Waals surface area contributed by atoms with Crippen molar-refractivity contribution in [1.29, 1.82) is 0 Å². The average molecular weight is 798 g/mol. The fraction of sp³-hybridized carbons (Fsp3) is 0.639. The molecule has 0 unspecified atom stereocenters. The average Bonchev–Trinajstić information content (AvgIpc) is 4.06. The van der Waals surface area contributed by atoms with Crippen LogP contribution in [0.4, 0.5) is 18.0 Å². The minimum atomic E-state index is -4.82. The summed E-state index contributed by atoms with van der Waals surface area (Å²) in [6.07, 6.45) is -0.959. The molecule has 3 aliphatic carbocycles. The van der Waals surface area contributed by atoms with Gasteiger partial charge in [-0.2, -0.15) is 13.2 Å². The van der Waals surface area contributed by atoms with E-state index in [9.17, 15) is 45.6 Å². The second-order valence-corrected chi connectivity index (χ2v) is 18.1. The van der Waals surface area contributed by atoms with Gasteiger partial charge in [0.25, 0.3) is 5.91 Å². The molecule has 1 aromatic carbocycles. The first-order valence-corrected chi connectivity index (χ1v) is 20.3. The van der Waals surface area contributed by atoms with Crippen LogP contribution in [0, 0.1) is 11.3 Å². The maximum absolute atomic E-state index is 14.4. The maximum atomic E-state index is 14.4. The monoisotopic (exact) mass is 797 g/mol. The van der Waals surface area contributed by atoms with E-state index in [0.29, 0.717) is 47.9 Å². The van der Waals surface area contributed by atoms with E-state index < -0.39 is 99.1 Å². The molecule has 0 spiro atoms. The van der Waals surface area contributed by atoms with Crippen molar-refractivity contribution < 1.29 is 50.3 Å². The normalized spacial score (nSPS) is 30.1. The van der Waals surface area contributed by atoms with Crippen LogP contribution in [0.5, 0.6) is 0 Å². The molecule has 4 fully saturated rings. The molecular weight excluding hydrogens is 755 g/mol. The summed E-state index contributed by atoms with van der Waals surface area (Å²) in [4.78, 5) is 71.7. The van der Waals surface area contributed by atoms with Crippen molar-refractivity contribution in [3.05, 3.63) is 46.5 Å². The van der Waals surface area contributed by atoms with Gasteiger partial charge in [0.2, 0.25) is 27.7 Å². The van der Waals surface area contributed by atoms with Gasteiger partial charge >= 0.3 is 12.3 Å². The number of rotatable bonds is 6. The molecule has 18 heteroatoms. The third kappa shape index (κ3) is 7.05. The predicted octanol–water partition coefficient (Wildman–Crippen LogP) is 3.93. The second-order valence-electron chi connectivity index (χ2n) is 15.4. The fourth-order valence-electron chi connectivity index (χ4n) is 7.92. The first kappa shape index (κ1) is 38.4. The standard InChI is InChI=1S/C36H43ClF3N5O8S/c1-43(54(51,52)24-12-13-24)32(49)35-17-22(35)9-5-3-2-4-6-11-27(41-31(48)34(14-15-34)36(38,39)40)30(47)45-19-23(16-28(45)29(46)42-35)53-33(50)44-18-21-8-7-10-26(37)25(21)20-44/h5,7-10,22-24,27-28H,2-4,6,11-20H2,1H3,(H,41,48)(H,42,46)/b9-5-/t22-,23-,27+,28+,35-/m1/s1. The Hall–Kier alpha value is -3.86. The number of carbonyl (C=O) groups is 5. The summed E-state index contributed by atoms with van der Waals surface area (Å²) in [5, 5.41) is 4.90. The molecule has 0 aromatic heterocycles. The number of nitrogens with one attached hydrogen (secondary N) is 2. The largest absolute Gasteiger partial charge is 0.444 e. The summed E-state index contributed by atoms with van der Waals surface area (Å²) in [6.45, 7) is 0.0557. The van der Waals surface area contributed by atoms with Crippen molar-refractivity contribution in [2.24, 2.45) is 11.3 Å². The van der Waals surface area contributed by atoms with E-state index in [1.807, 2.05) is 12.1 Å². The van der Waals surface area contributed by atoms with Gasteiger partial charge in [0.15, 0.2) is 0 Å². The molecule has 2 N–H and O–H groups in total. The first-order chi connectivity index (χ1) is 25.5. The molecule has 3 heterocycles. The second kappa shape index (κ2) is 14.0. The SMILES string of the molecule is CN(C(=O)[C@@]12C[C@H]1/C=C\CCCCC[C@H](NC(=O)C1(C(F)(F)F)CC1)C(=O)N1C[C@H](OC(=O)N3Cc4cccc(Cl)c4C3)C[C@H]1C(=O)N2)S(=O)(=O)C1CC1. The van der Waals surface area contributed by atoms with Gasteiger partial charge in [-0.3, -0.25) is 24.1 Å². The highest BCUT2D eigenvalue weighted by molar-refractivity contribution is 7.90. The molecule has 7 rings (SSSR count). The number of hydrogen-bond acceptors (Lipinski definition) is 8. The van der Waals surface area contributed by atoms with Crippen molar-refractivity contribution in [3.63, 3.8) is 0 Å². The van der Waals surface area contributed by atoms with Crippen LogP contribution in [-0.4, -0.2) is 101 Å². The van der Waals surface area contributed by atoms with Gasteiger partial charge in [0.05, 0.1) is 18.3 Å². The Morgan fingerprint density at radius 3 is 2.48 bits per heavy atom. The van der Waals surface area contributed by atoms with E-state index in [0.717, 1.165) is 23.1 Å². The minimum absolute atomic E-state index is 0.000810. The molecule has 0 radical (unpaired) electrons. The number of fused-ring (bicyclic) bond motifs is 3. The molecule has 1 saturated heterocycles. The number of amides is 5. The molecule has 3 saturated carbocycles. The lowest BCUT2D eigenvalue weighted by atomic mass is 10.0. The lowest BCUT2D eigenvalue weighted by Crippen LogP contribution is -2.59. The Kier molecular flexibility index (Phi) is 9.97. The van der Waals surface area contributed by atoms with Crippen LogP contribution in [-0.2, 0) is 47.0 Å². The van der Waals surface area contributed by atoms with E-state index in [4.69, 9.17) is 16.3 Å². The number of nitrogens with zero attached hydrogens (tertiary/aromatic N) is 3. The topological polar surface area (TPSA) is 162 Å². The van der Waals surface area contributed by atoms with Gasteiger partial charge in [-0.15, -0.1) is 0 Å². The molecule has 13 nitrogen and oxygen atoms in total. The van der Waals surface area contributed by atoms with E-state index in [1.165, 1.54) is 4.90 Å². The number of allylic oxidation sites excluding steroid dienone is 1. The molecule has 6 aliphatic rings. The van der Waals surface area contributed by atoms with Gasteiger partial charge in [-0.05, 0) is 68.6 Å². The molecular formula is C36H43ClF3N5O8S. The highest BCUT2D eigenvalue weighted by Crippen LogP contribution is 2.58. The van der Waals surface area contributed by atoms with Crippen LogP contribution in [0.25, 0.3) is 0 Å². The lowest BCUT2D eigenvalue weighted by molar-refractivity contribution is -0.193. The molecule has 5 atom stereocenters. The van der Waals surface area contributed by atoms with Gasteiger partial charge in [-0.1, -0.05) is 48.7 Å². The Morgan fingerprint density at radius 1 is 1.07 bits per heavy atom. The number of likely N-dealkylation sites (N-methyl/N-ethyl adjacent to an activating group) is 1. The molecule has 0 bridgehead atoms. The van der Waals surface area contributed by atoms with E-state index in [2.05, 4.69) is 10.6 Å². The summed E-state index contributed by atoms with van der Waals surface area (Å²) in [6, 6.07) is 2.50. The summed E-state index contributed by atoms with van der Waals surface area (Å²) < 4.78 is 74.5. The van der Waals surface area contributed by atoms with Crippen LogP contribution >= 0.6 is 11.6 Å². The summed E-state index contributed by atoms with van der Waals surface area (Å²) in [7, 11) is -2.81. The van der Waals surface area contributed by atoms with Crippen LogP contribution in [0.2, 0.25) is 5.02 Å². The number of alkyl halides is 3. The third-order valence-electron chi connectivity index (χ3n) is 11.7. The number of benzene rings is 1. The quantitative estimate of drug-likeness (QED) is 0.410. The van der Waals surface area contributed by atoms with Crippen molar-refractivity contribution in [2.45, 2.75) is 119 Å². The zero-order chi connectivity index (χ0) is 38.8. The van der Waals surface area contributed by atoms with Gasteiger partial charge in [-0.25, -0.2) is 17.5 Å². The molecule has 54 heavy (non-hydrogen) atoms. The predicted molar refractivity (Wildman–Crippen MR) is 187 cm³/mol. The Balaban J connectivity index is 1.16. The lowest BCUT2D eigenvalue weighted by Gasteiger charge is -2.31. The zero-order valence-corrected chi connectivity index (χ0v) is 31.3. The van der Waals surface area contributed by atoms with Crippen LogP contribution < -0.4 is 10.6 Å². The number of ether oxygens (including phenoxy) is 1. The van der Waals surface area contributed by atoms with Gasteiger partial charge < -0.3 is 20.3 Å². The minimum Gasteiger partial charge on any atom is -0.444 e. The highest BCUT2D eigenvalue weighted by atomic mass is 35.5. The first-order valence-electron chi connectivity index (χ1n) is 18.4. The summed E-state index contributed by atoms with van der Waals surface area (Å²) >= 11 is 6.33. The number of sulfonamides is 1. The van der Waals surface area contributed by atoms with E-state index in [1.54, 1.807) is 18.2 Å². The van der Waals surface area contributed by atoms with Crippen molar-refractivity contribution >= 4 is 51.3 Å². The Morgan fingerprint density at radius 2 is 1.81 bits per heavy atom. The summed E-state index contributed by atoms with van der Waals surface area (Å²) in [5.41, 5.74) is -2.64. The smallest absolute Gasteiger partial charge is 0.410 e. The van der Waals surface area contributed by atoms with Crippen molar-refractivity contribution in [1.82, 2.24) is 24.7 Å². The van der Waals surface area contributed by atoms with E-state index in [-0.39, 0.29) is 38.9 Å². The van der Waals surface area contributed by atoms with Gasteiger partial charge in [0, 0.05) is 31.0 Å². The molecule has 1 aromatic rings. The number of carbonyl (C=O) groups excluding carboxylic acids is 5. The molecule has 294 valence electrons. The third-order valence-corrected chi connectivity index (χ3v) is 14.3.